The molecule has 0 aliphatic rings. The summed E-state index contributed by atoms with van der Waals surface area (Å²) in [7, 11) is 1.72. The average molecular weight is 249 g/mol. The number of hydrogen-bond donors (Lipinski definition) is 1. The standard InChI is InChI=1S/C12H16FN5/c1-3-14-11(8-12-15-17-18(2)16-12)9-5-4-6-10(13)7-9/h4-7,11,14H,3,8H2,1-2H3. The fraction of sp³-hybridized carbons (Fsp3) is 0.417. The molecule has 96 valence electrons. The zero-order chi connectivity index (χ0) is 13.0. The van der Waals surface area contributed by atoms with E-state index in [1.54, 1.807) is 13.1 Å². The quantitative estimate of drug-likeness (QED) is 0.866. The van der Waals surface area contributed by atoms with Crippen LogP contribution in [0, 0.1) is 5.82 Å². The molecule has 0 amide bonds. The number of aryl methyl sites for hydroxylation is 1. The summed E-state index contributed by atoms with van der Waals surface area (Å²) in [4.78, 5) is 1.42. The number of hydrogen-bond acceptors (Lipinski definition) is 4. The van der Waals surface area contributed by atoms with E-state index in [0.717, 1.165) is 12.1 Å². The van der Waals surface area contributed by atoms with Crippen molar-refractivity contribution in [2.75, 3.05) is 6.54 Å². The highest BCUT2D eigenvalue weighted by Gasteiger charge is 2.14. The van der Waals surface area contributed by atoms with Gasteiger partial charge in [0, 0.05) is 12.5 Å². The molecule has 0 saturated heterocycles. The molecule has 1 aromatic carbocycles. The Balaban J connectivity index is 2.17. The molecule has 2 aromatic rings. The van der Waals surface area contributed by atoms with Crippen molar-refractivity contribution in [3.8, 4) is 0 Å². The number of benzene rings is 1. The van der Waals surface area contributed by atoms with Crippen LogP contribution < -0.4 is 5.32 Å². The van der Waals surface area contributed by atoms with Gasteiger partial charge in [-0.05, 0) is 29.5 Å². The Bertz CT molecular complexity index is 511. The number of aromatic nitrogens is 4. The van der Waals surface area contributed by atoms with Gasteiger partial charge >= 0.3 is 0 Å². The highest BCUT2D eigenvalue weighted by molar-refractivity contribution is 5.21. The second kappa shape index (κ2) is 5.68. The third-order valence-electron chi connectivity index (χ3n) is 2.64. The first kappa shape index (κ1) is 12.6. The van der Waals surface area contributed by atoms with Crippen molar-refractivity contribution in [1.82, 2.24) is 25.5 Å². The summed E-state index contributed by atoms with van der Waals surface area (Å²) in [5.41, 5.74) is 0.893. The molecule has 0 radical (unpaired) electrons. The Morgan fingerprint density at radius 3 is 2.89 bits per heavy atom. The average Bonchev–Trinajstić information content (AvgIpc) is 2.74. The second-order valence-corrected chi connectivity index (χ2v) is 4.06. The zero-order valence-corrected chi connectivity index (χ0v) is 10.5. The molecule has 1 N–H and O–H groups in total. The molecule has 0 bridgehead atoms. The van der Waals surface area contributed by atoms with E-state index in [2.05, 4.69) is 20.7 Å². The van der Waals surface area contributed by atoms with Crippen LogP contribution in [0.25, 0.3) is 0 Å². The van der Waals surface area contributed by atoms with E-state index in [0.29, 0.717) is 12.2 Å². The maximum absolute atomic E-state index is 13.2. The van der Waals surface area contributed by atoms with Crippen LogP contribution >= 0.6 is 0 Å². The molecule has 1 unspecified atom stereocenters. The van der Waals surface area contributed by atoms with Gasteiger partial charge in [-0.1, -0.05) is 19.1 Å². The largest absolute Gasteiger partial charge is 0.310 e. The van der Waals surface area contributed by atoms with Crippen molar-refractivity contribution in [1.29, 1.82) is 0 Å². The normalized spacial score (nSPS) is 12.6. The van der Waals surface area contributed by atoms with Crippen LogP contribution in [0.2, 0.25) is 0 Å². The summed E-state index contributed by atoms with van der Waals surface area (Å²) in [6.07, 6.45) is 0.588. The van der Waals surface area contributed by atoms with Crippen molar-refractivity contribution in [2.45, 2.75) is 19.4 Å². The Kier molecular flexibility index (Phi) is 3.99. The van der Waals surface area contributed by atoms with E-state index in [1.165, 1.54) is 16.9 Å². The molecule has 0 saturated carbocycles. The molecule has 1 aromatic heterocycles. The second-order valence-electron chi connectivity index (χ2n) is 4.06. The van der Waals surface area contributed by atoms with Gasteiger partial charge in [-0.2, -0.15) is 4.80 Å². The molecule has 1 heterocycles. The van der Waals surface area contributed by atoms with Crippen LogP contribution in [0.4, 0.5) is 4.39 Å². The van der Waals surface area contributed by atoms with Crippen molar-refractivity contribution < 1.29 is 4.39 Å². The van der Waals surface area contributed by atoms with E-state index >= 15 is 0 Å². The smallest absolute Gasteiger partial charge is 0.176 e. The zero-order valence-electron chi connectivity index (χ0n) is 10.5. The highest BCUT2D eigenvalue weighted by Crippen LogP contribution is 2.17. The fourth-order valence-electron chi connectivity index (χ4n) is 1.87. The van der Waals surface area contributed by atoms with Gasteiger partial charge in [0.05, 0.1) is 7.05 Å². The summed E-state index contributed by atoms with van der Waals surface area (Å²) in [5, 5.41) is 15.2. The van der Waals surface area contributed by atoms with Crippen LogP contribution in [0.1, 0.15) is 24.4 Å². The van der Waals surface area contributed by atoms with Gasteiger partial charge in [0.1, 0.15) is 5.82 Å². The number of tetrazole rings is 1. The minimum atomic E-state index is -0.234. The van der Waals surface area contributed by atoms with Crippen LogP contribution in [0.15, 0.2) is 24.3 Å². The lowest BCUT2D eigenvalue weighted by Crippen LogP contribution is -2.23. The summed E-state index contributed by atoms with van der Waals surface area (Å²) < 4.78 is 13.2. The third kappa shape index (κ3) is 3.10. The lowest BCUT2D eigenvalue weighted by molar-refractivity contribution is 0.529. The minimum absolute atomic E-state index is 0.00472. The van der Waals surface area contributed by atoms with Crippen LogP contribution in [0.3, 0.4) is 0 Å². The van der Waals surface area contributed by atoms with Gasteiger partial charge in [-0.25, -0.2) is 4.39 Å². The van der Waals surface area contributed by atoms with Crippen molar-refractivity contribution in [2.24, 2.45) is 7.05 Å². The van der Waals surface area contributed by atoms with E-state index in [-0.39, 0.29) is 11.9 Å². The molecular formula is C12H16FN5. The van der Waals surface area contributed by atoms with E-state index in [1.807, 2.05) is 13.0 Å². The number of halogens is 1. The number of nitrogens with one attached hydrogen (secondary N) is 1. The first-order valence-corrected chi connectivity index (χ1v) is 5.90. The maximum Gasteiger partial charge on any atom is 0.176 e. The van der Waals surface area contributed by atoms with Gasteiger partial charge in [0.25, 0.3) is 0 Å². The summed E-state index contributed by atoms with van der Waals surface area (Å²) >= 11 is 0. The van der Waals surface area contributed by atoms with Crippen LogP contribution in [-0.4, -0.2) is 26.8 Å². The molecule has 18 heavy (non-hydrogen) atoms. The number of nitrogens with zero attached hydrogens (tertiary/aromatic N) is 4. The minimum Gasteiger partial charge on any atom is -0.310 e. The third-order valence-corrected chi connectivity index (χ3v) is 2.64. The Hall–Kier alpha value is -1.82. The Morgan fingerprint density at radius 2 is 2.28 bits per heavy atom. The lowest BCUT2D eigenvalue weighted by atomic mass is 10.0. The summed E-state index contributed by atoms with van der Waals surface area (Å²) in [5.74, 6) is 0.412. The van der Waals surface area contributed by atoms with Crippen molar-refractivity contribution in [3.63, 3.8) is 0 Å². The molecule has 1 atom stereocenters. The maximum atomic E-state index is 13.2. The molecular weight excluding hydrogens is 233 g/mol. The van der Waals surface area contributed by atoms with Gasteiger partial charge < -0.3 is 5.32 Å². The van der Waals surface area contributed by atoms with Gasteiger partial charge in [0.15, 0.2) is 5.82 Å². The molecule has 0 aliphatic heterocycles. The molecule has 2 rings (SSSR count). The highest BCUT2D eigenvalue weighted by atomic mass is 19.1. The monoisotopic (exact) mass is 249 g/mol. The lowest BCUT2D eigenvalue weighted by Gasteiger charge is -2.16. The van der Waals surface area contributed by atoms with Gasteiger partial charge in [-0.3, -0.25) is 0 Å². The summed E-state index contributed by atoms with van der Waals surface area (Å²) in [6, 6.07) is 6.57. The van der Waals surface area contributed by atoms with E-state index < -0.39 is 0 Å². The predicted octanol–water partition coefficient (Wildman–Crippen LogP) is 1.24. The van der Waals surface area contributed by atoms with Gasteiger partial charge in [-0.15, -0.1) is 10.2 Å². The summed E-state index contributed by atoms with van der Waals surface area (Å²) in [6.45, 7) is 2.80. The van der Waals surface area contributed by atoms with Crippen molar-refractivity contribution >= 4 is 0 Å². The van der Waals surface area contributed by atoms with Crippen LogP contribution in [0.5, 0.6) is 0 Å². The number of likely N-dealkylation sites (N-methyl/N-ethyl adjacent to an activating group) is 1. The predicted molar refractivity (Wildman–Crippen MR) is 65.3 cm³/mol. The molecule has 0 spiro atoms. The molecule has 6 heteroatoms. The molecule has 0 fully saturated rings. The Morgan fingerprint density at radius 1 is 1.44 bits per heavy atom. The van der Waals surface area contributed by atoms with E-state index in [4.69, 9.17) is 0 Å². The SMILES string of the molecule is CCNC(Cc1nnn(C)n1)c1cccc(F)c1. The number of rotatable bonds is 5. The topological polar surface area (TPSA) is 55.6 Å². The molecule has 0 aliphatic carbocycles. The fourth-order valence-corrected chi connectivity index (χ4v) is 1.87. The van der Waals surface area contributed by atoms with Crippen molar-refractivity contribution in [3.05, 3.63) is 41.5 Å². The molecule has 5 nitrogen and oxygen atoms in total. The van der Waals surface area contributed by atoms with E-state index in [9.17, 15) is 4.39 Å². The van der Waals surface area contributed by atoms with Crippen LogP contribution in [-0.2, 0) is 13.5 Å². The Labute approximate surface area is 105 Å². The first-order valence-electron chi connectivity index (χ1n) is 5.90. The van der Waals surface area contributed by atoms with Gasteiger partial charge in [0.2, 0.25) is 0 Å². The first-order chi connectivity index (χ1) is 8.69.